The molecule has 138 valence electrons. The lowest BCUT2D eigenvalue weighted by Gasteiger charge is -2.09. The number of aromatic nitrogens is 1. The van der Waals surface area contributed by atoms with E-state index in [0.29, 0.717) is 28.2 Å². The summed E-state index contributed by atoms with van der Waals surface area (Å²) < 4.78 is 4.90. The fourth-order valence-electron chi connectivity index (χ4n) is 3.16. The fourth-order valence-corrected chi connectivity index (χ4v) is 4.05. The van der Waals surface area contributed by atoms with Crippen molar-refractivity contribution in [3.8, 4) is 11.3 Å². The van der Waals surface area contributed by atoms with E-state index >= 15 is 0 Å². The van der Waals surface area contributed by atoms with E-state index in [-0.39, 0.29) is 12.5 Å². The summed E-state index contributed by atoms with van der Waals surface area (Å²) in [5, 5.41) is 6.65. The Bertz CT molecular complexity index is 755. The van der Waals surface area contributed by atoms with Crippen LogP contribution in [-0.4, -0.2) is 23.6 Å². The molecule has 1 aliphatic rings. The Balaban J connectivity index is 1.78. The zero-order chi connectivity index (χ0) is 18.4. The standard InChI is InChI=1S/C19H23N3O3S/c1-2-25-19(24)22-18-21-16(14-10-4-3-5-11-14)17(26-18)20-15(23)12-13-8-6-7-9-13/h3-5,10-11,13H,2,6-9,12H2,1H3,(H,20,23)(H,21,22,24). The maximum atomic E-state index is 12.4. The minimum atomic E-state index is -0.551. The van der Waals surface area contributed by atoms with Crippen LogP contribution in [0, 0.1) is 5.92 Å². The Labute approximate surface area is 157 Å². The number of ether oxygens (including phenoxy) is 1. The highest BCUT2D eigenvalue weighted by Crippen LogP contribution is 2.36. The van der Waals surface area contributed by atoms with Crippen molar-refractivity contribution in [2.24, 2.45) is 5.92 Å². The Morgan fingerprint density at radius 3 is 2.62 bits per heavy atom. The van der Waals surface area contributed by atoms with Gasteiger partial charge < -0.3 is 10.1 Å². The molecular formula is C19H23N3O3S. The average Bonchev–Trinajstić information content (AvgIpc) is 3.26. The molecule has 1 fully saturated rings. The SMILES string of the molecule is CCOC(=O)Nc1nc(-c2ccccc2)c(NC(=O)CC2CCCC2)s1. The van der Waals surface area contributed by atoms with Gasteiger partial charge >= 0.3 is 6.09 Å². The van der Waals surface area contributed by atoms with Crippen LogP contribution in [0.4, 0.5) is 14.9 Å². The number of anilines is 2. The second-order valence-corrected chi connectivity index (χ2v) is 7.31. The predicted molar refractivity (Wildman–Crippen MR) is 103 cm³/mol. The molecular weight excluding hydrogens is 350 g/mol. The van der Waals surface area contributed by atoms with Gasteiger partial charge in [-0.3, -0.25) is 10.1 Å². The maximum absolute atomic E-state index is 12.4. The Morgan fingerprint density at radius 2 is 1.92 bits per heavy atom. The van der Waals surface area contributed by atoms with Gasteiger partial charge in [0.1, 0.15) is 10.7 Å². The van der Waals surface area contributed by atoms with Crippen molar-refractivity contribution < 1.29 is 14.3 Å². The van der Waals surface area contributed by atoms with Crippen LogP contribution in [0.2, 0.25) is 0 Å². The molecule has 1 aromatic heterocycles. The third-order valence-electron chi connectivity index (χ3n) is 4.36. The van der Waals surface area contributed by atoms with E-state index in [1.54, 1.807) is 6.92 Å². The molecule has 2 amide bonds. The molecule has 0 saturated heterocycles. The van der Waals surface area contributed by atoms with Gasteiger partial charge in [0.05, 0.1) is 6.61 Å². The molecule has 0 spiro atoms. The smallest absolute Gasteiger partial charge is 0.413 e. The molecule has 1 saturated carbocycles. The van der Waals surface area contributed by atoms with Crippen molar-refractivity contribution in [2.45, 2.75) is 39.0 Å². The van der Waals surface area contributed by atoms with E-state index in [2.05, 4.69) is 15.6 Å². The van der Waals surface area contributed by atoms with Crippen LogP contribution >= 0.6 is 11.3 Å². The highest BCUT2D eigenvalue weighted by molar-refractivity contribution is 7.20. The van der Waals surface area contributed by atoms with Gasteiger partial charge in [-0.25, -0.2) is 9.78 Å². The van der Waals surface area contributed by atoms with Gasteiger partial charge in [0.15, 0.2) is 5.13 Å². The van der Waals surface area contributed by atoms with Crippen molar-refractivity contribution in [3.63, 3.8) is 0 Å². The van der Waals surface area contributed by atoms with E-state index in [9.17, 15) is 9.59 Å². The summed E-state index contributed by atoms with van der Waals surface area (Å²) in [7, 11) is 0. The van der Waals surface area contributed by atoms with E-state index < -0.39 is 6.09 Å². The summed E-state index contributed by atoms with van der Waals surface area (Å²) in [5.74, 6) is 0.473. The summed E-state index contributed by atoms with van der Waals surface area (Å²) in [6.45, 7) is 2.03. The van der Waals surface area contributed by atoms with Crippen LogP contribution in [-0.2, 0) is 9.53 Å². The first-order valence-corrected chi connectivity index (χ1v) is 9.77. The van der Waals surface area contributed by atoms with E-state index in [0.717, 1.165) is 18.4 Å². The van der Waals surface area contributed by atoms with E-state index in [1.165, 1.54) is 24.2 Å². The summed E-state index contributed by atoms with van der Waals surface area (Å²) in [6, 6.07) is 9.60. The zero-order valence-corrected chi connectivity index (χ0v) is 15.6. The molecule has 1 aliphatic carbocycles. The van der Waals surface area contributed by atoms with E-state index in [1.807, 2.05) is 30.3 Å². The first-order valence-electron chi connectivity index (χ1n) is 8.95. The Kier molecular flexibility index (Phi) is 6.22. The number of carbonyl (C=O) groups excluding carboxylic acids is 2. The molecule has 0 aliphatic heterocycles. The van der Waals surface area contributed by atoms with Crippen LogP contribution in [0.5, 0.6) is 0 Å². The molecule has 0 unspecified atom stereocenters. The number of hydrogen-bond donors (Lipinski definition) is 2. The summed E-state index contributed by atoms with van der Waals surface area (Å²) in [4.78, 5) is 28.6. The third-order valence-corrected chi connectivity index (χ3v) is 5.25. The number of amides is 2. The number of thiazole rings is 1. The van der Waals surface area contributed by atoms with Crippen molar-refractivity contribution in [1.29, 1.82) is 0 Å². The molecule has 2 N–H and O–H groups in total. The van der Waals surface area contributed by atoms with Crippen LogP contribution in [0.3, 0.4) is 0 Å². The Hall–Kier alpha value is -2.41. The molecule has 3 rings (SSSR count). The van der Waals surface area contributed by atoms with Gasteiger partial charge in [0.25, 0.3) is 0 Å². The molecule has 0 atom stereocenters. The van der Waals surface area contributed by atoms with Gasteiger partial charge in [-0.15, -0.1) is 0 Å². The number of nitrogens with zero attached hydrogens (tertiary/aromatic N) is 1. The highest BCUT2D eigenvalue weighted by Gasteiger charge is 2.21. The molecule has 26 heavy (non-hydrogen) atoms. The molecule has 1 aromatic carbocycles. The first-order chi connectivity index (χ1) is 12.7. The summed E-state index contributed by atoms with van der Waals surface area (Å²) in [5.41, 5.74) is 1.54. The maximum Gasteiger partial charge on any atom is 0.413 e. The highest BCUT2D eigenvalue weighted by atomic mass is 32.1. The number of carbonyl (C=O) groups is 2. The van der Waals surface area contributed by atoms with Crippen LogP contribution in [0.25, 0.3) is 11.3 Å². The summed E-state index contributed by atoms with van der Waals surface area (Å²) >= 11 is 1.24. The second kappa shape index (κ2) is 8.80. The van der Waals surface area contributed by atoms with E-state index in [4.69, 9.17) is 4.74 Å². The van der Waals surface area contributed by atoms with Gasteiger partial charge in [0, 0.05) is 12.0 Å². The number of rotatable bonds is 6. The van der Waals surface area contributed by atoms with Gasteiger partial charge in [-0.1, -0.05) is 54.5 Å². The zero-order valence-electron chi connectivity index (χ0n) is 14.8. The van der Waals surface area contributed by atoms with Gasteiger partial charge in [-0.2, -0.15) is 0 Å². The minimum absolute atomic E-state index is 0.000385. The average molecular weight is 373 g/mol. The van der Waals surface area contributed by atoms with Crippen LogP contribution < -0.4 is 10.6 Å². The molecule has 2 aromatic rings. The quantitative estimate of drug-likeness (QED) is 0.755. The van der Waals surface area contributed by atoms with Crippen LogP contribution in [0.15, 0.2) is 30.3 Å². The molecule has 0 bridgehead atoms. The second-order valence-electron chi connectivity index (χ2n) is 6.31. The van der Waals surface area contributed by atoms with Crippen molar-refractivity contribution >= 4 is 33.5 Å². The van der Waals surface area contributed by atoms with Crippen molar-refractivity contribution in [2.75, 3.05) is 17.2 Å². The lowest BCUT2D eigenvalue weighted by molar-refractivity contribution is -0.117. The molecule has 7 heteroatoms. The number of benzene rings is 1. The molecule has 0 radical (unpaired) electrons. The normalized spacial score (nSPS) is 14.2. The van der Waals surface area contributed by atoms with Gasteiger partial charge in [-0.05, 0) is 25.7 Å². The third kappa shape index (κ3) is 4.82. The topological polar surface area (TPSA) is 80.3 Å². The summed E-state index contributed by atoms with van der Waals surface area (Å²) in [6.07, 6.45) is 4.65. The lowest BCUT2D eigenvalue weighted by Crippen LogP contribution is -2.14. The number of nitrogens with one attached hydrogen (secondary N) is 2. The van der Waals surface area contributed by atoms with Crippen molar-refractivity contribution in [3.05, 3.63) is 30.3 Å². The number of hydrogen-bond acceptors (Lipinski definition) is 5. The molecule has 1 heterocycles. The lowest BCUT2D eigenvalue weighted by atomic mass is 10.0. The predicted octanol–water partition coefficient (Wildman–Crippen LogP) is 4.90. The van der Waals surface area contributed by atoms with Crippen molar-refractivity contribution in [1.82, 2.24) is 4.98 Å². The Morgan fingerprint density at radius 1 is 1.19 bits per heavy atom. The minimum Gasteiger partial charge on any atom is -0.450 e. The van der Waals surface area contributed by atoms with Crippen LogP contribution in [0.1, 0.15) is 39.0 Å². The van der Waals surface area contributed by atoms with Gasteiger partial charge in [0.2, 0.25) is 5.91 Å². The largest absolute Gasteiger partial charge is 0.450 e. The first kappa shape index (κ1) is 18.4. The molecule has 6 nitrogen and oxygen atoms in total. The monoisotopic (exact) mass is 373 g/mol. The fraction of sp³-hybridized carbons (Fsp3) is 0.421.